The first kappa shape index (κ1) is 14.2. The lowest BCUT2D eigenvalue weighted by Crippen LogP contribution is -2.14. The van der Waals surface area contributed by atoms with Gasteiger partial charge in [0.05, 0.1) is 6.20 Å². The van der Waals surface area contributed by atoms with E-state index in [9.17, 15) is 4.79 Å². The van der Waals surface area contributed by atoms with Crippen molar-refractivity contribution in [2.24, 2.45) is 7.05 Å². The van der Waals surface area contributed by atoms with Crippen LogP contribution in [0.4, 0.5) is 5.82 Å². The molecule has 2 heterocycles. The van der Waals surface area contributed by atoms with Gasteiger partial charge in [0.2, 0.25) is 5.91 Å². The fourth-order valence-electron chi connectivity index (χ4n) is 1.94. The van der Waals surface area contributed by atoms with Crippen LogP contribution < -0.4 is 5.32 Å². The molecule has 2 rings (SSSR count). The van der Waals surface area contributed by atoms with E-state index >= 15 is 0 Å². The van der Waals surface area contributed by atoms with Crippen molar-refractivity contribution >= 4 is 11.7 Å². The standard InChI is InChI=1S/C14H19N5O/c1-4-12-7-13(17-10(2)16-12)18-14(20)6-5-11-8-15-19(3)9-11/h7-9H,4-6H2,1-3H3,(H,16,17,18,20). The number of aryl methyl sites for hydroxylation is 4. The molecule has 1 amide bonds. The van der Waals surface area contributed by atoms with Crippen molar-refractivity contribution in [2.75, 3.05) is 5.32 Å². The van der Waals surface area contributed by atoms with Crippen molar-refractivity contribution in [3.8, 4) is 0 Å². The summed E-state index contributed by atoms with van der Waals surface area (Å²) in [5.41, 5.74) is 1.98. The van der Waals surface area contributed by atoms with Crippen LogP contribution in [-0.2, 0) is 24.7 Å². The quantitative estimate of drug-likeness (QED) is 0.899. The maximum atomic E-state index is 11.9. The molecule has 0 fully saturated rings. The lowest BCUT2D eigenvalue weighted by molar-refractivity contribution is -0.116. The lowest BCUT2D eigenvalue weighted by Gasteiger charge is -2.06. The number of carbonyl (C=O) groups is 1. The highest BCUT2D eigenvalue weighted by atomic mass is 16.1. The minimum Gasteiger partial charge on any atom is -0.311 e. The molecule has 0 radical (unpaired) electrons. The molecule has 2 aromatic heterocycles. The van der Waals surface area contributed by atoms with E-state index in [1.165, 1.54) is 0 Å². The van der Waals surface area contributed by atoms with E-state index in [0.717, 1.165) is 17.7 Å². The number of hydrogen-bond acceptors (Lipinski definition) is 4. The zero-order valence-corrected chi connectivity index (χ0v) is 12.1. The average molecular weight is 273 g/mol. The Morgan fingerprint density at radius 3 is 2.85 bits per heavy atom. The Morgan fingerprint density at radius 2 is 2.20 bits per heavy atom. The molecule has 106 valence electrons. The van der Waals surface area contributed by atoms with Gasteiger partial charge in [-0.3, -0.25) is 9.48 Å². The number of carbonyl (C=O) groups excluding carboxylic acids is 1. The summed E-state index contributed by atoms with van der Waals surface area (Å²) in [7, 11) is 1.86. The van der Waals surface area contributed by atoms with Gasteiger partial charge in [-0.05, 0) is 25.3 Å². The fraction of sp³-hybridized carbons (Fsp3) is 0.429. The van der Waals surface area contributed by atoms with Crippen LogP contribution in [0.15, 0.2) is 18.5 Å². The zero-order valence-electron chi connectivity index (χ0n) is 12.1. The Bertz CT molecular complexity index is 605. The smallest absolute Gasteiger partial charge is 0.225 e. The topological polar surface area (TPSA) is 72.7 Å². The third-order valence-corrected chi connectivity index (χ3v) is 2.92. The largest absolute Gasteiger partial charge is 0.311 e. The number of anilines is 1. The van der Waals surface area contributed by atoms with Gasteiger partial charge >= 0.3 is 0 Å². The Balaban J connectivity index is 1.92. The molecule has 0 unspecified atom stereocenters. The van der Waals surface area contributed by atoms with Crippen LogP contribution in [0.5, 0.6) is 0 Å². The predicted molar refractivity (Wildman–Crippen MR) is 76.3 cm³/mol. The highest BCUT2D eigenvalue weighted by Crippen LogP contribution is 2.09. The van der Waals surface area contributed by atoms with E-state index in [2.05, 4.69) is 20.4 Å². The summed E-state index contributed by atoms with van der Waals surface area (Å²) < 4.78 is 1.73. The van der Waals surface area contributed by atoms with E-state index in [-0.39, 0.29) is 5.91 Å². The summed E-state index contributed by atoms with van der Waals surface area (Å²) >= 11 is 0. The van der Waals surface area contributed by atoms with Crippen molar-refractivity contribution < 1.29 is 4.79 Å². The van der Waals surface area contributed by atoms with Gasteiger partial charge in [0, 0.05) is 31.4 Å². The van der Waals surface area contributed by atoms with Crippen molar-refractivity contribution in [1.29, 1.82) is 0 Å². The van der Waals surface area contributed by atoms with Crippen molar-refractivity contribution in [3.63, 3.8) is 0 Å². The molecule has 1 N–H and O–H groups in total. The second-order valence-electron chi connectivity index (χ2n) is 4.72. The molecule has 0 bridgehead atoms. The van der Waals surface area contributed by atoms with E-state index in [0.29, 0.717) is 24.5 Å². The number of nitrogens with zero attached hydrogens (tertiary/aromatic N) is 4. The summed E-state index contributed by atoms with van der Waals surface area (Å²) in [6.45, 7) is 3.85. The van der Waals surface area contributed by atoms with Gasteiger partial charge in [-0.25, -0.2) is 9.97 Å². The van der Waals surface area contributed by atoms with Gasteiger partial charge in [0.25, 0.3) is 0 Å². The molecule has 0 aliphatic rings. The molecule has 0 saturated carbocycles. The SMILES string of the molecule is CCc1cc(NC(=O)CCc2cnn(C)c2)nc(C)n1. The van der Waals surface area contributed by atoms with Crippen molar-refractivity contribution in [3.05, 3.63) is 35.5 Å². The number of aromatic nitrogens is 4. The summed E-state index contributed by atoms with van der Waals surface area (Å²) in [6, 6.07) is 1.81. The van der Waals surface area contributed by atoms with Crippen LogP contribution in [0.25, 0.3) is 0 Å². The lowest BCUT2D eigenvalue weighted by atomic mass is 10.2. The third kappa shape index (κ3) is 3.88. The summed E-state index contributed by atoms with van der Waals surface area (Å²) in [4.78, 5) is 20.4. The van der Waals surface area contributed by atoms with Crippen LogP contribution in [-0.4, -0.2) is 25.7 Å². The summed E-state index contributed by atoms with van der Waals surface area (Å²) in [5, 5.41) is 6.89. The predicted octanol–water partition coefficient (Wildman–Crippen LogP) is 1.65. The highest BCUT2D eigenvalue weighted by molar-refractivity contribution is 5.89. The van der Waals surface area contributed by atoms with Crippen LogP contribution >= 0.6 is 0 Å². The van der Waals surface area contributed by atoms with E-state index in [1.54, 1.807) is 10.9 Å². The van der Waals surface area contributed by atoms with Gasteiger partial charge in [-0.2, -0.15) is 5.10 Å². The molecule has 2 aromatic rings. The average Bonchev–Trinajstić information content (AvgIpc) is 2.81. The zero-order chi connectivity index (χ0) is 14.5. The molecular weight excluding hydrogens is 254 g/mol. The first-order chi connectivity index (χ1) is 9.56. The van der Waals surface area contributed by atoms with Gasteiger partial charge < -0.3 is 5.32 Å². The van der Waals surface area contributed by atoms with Gasteiger partial charge in [0.1, 0.15) is 11.6 Å². The first-order valence-corrected chi connectivity index (χ1v) is 6.68. The first-order valence-electron chi connectivity index (χ1n) is 6.68. The third-order valence-electron chi connectivity index (χ3n) is 2.92. The summed E-state index contributed by atoms with van der Waals surface area (Å²) in [5.74, 6) is 1.20. The number of amides is 1. The maximum absolute atomic E-state index is 11.9. The minimum absolute atomic E-state index is 0.0472. The highest BCUT2D eigenvalue weighted by Gasteiger charge is 2.07. The number of nitrogens with one attached hydrogen (secondary N) is 1. The Labute approximate surface area is 118 Å². The van der Waals surface area contributed by atoms with Crippen LogP contribution in [0, 0.1) is 6.92 Å². The Hall–Kier alpha value is -2.24. The normalized spacial score (nSPS) is 10.6. The van der Waals surface area contributed by atoms with Crippen LogP contribution in [0.3, 0.4) is 0 Å². The van der Waals surface area contributed by atoms with Crippen molar-refractivity contribution in [1.82, 2.24) is 19.7 Å². The summed E-state index contributed by atoms with van der Waals surface area (Å²) in [6.07, 6.45) is 5.59. The second-order valence-corrected chi connectivity index (χ2v) is 4.72. The van der Waals surface area contributed by atoms with Crippen LogP contribution in [0.2, 0.25) is 0 Å². The molecule has 0 spiro atoms. The molecule has 0 aromatic carbocycles. The molecular formula is C14H19N5O. The monoisotopic (exact) mass is 273 g/mol. The van der Waals surface area contributed by atoms with Crippen molar-refractivity contribution in [2.45, 2.75) is 33.1 Å². The molecule has 0 aliphatic carbocycles. The number of hydrogen-bond donors (Lipinski definition) is 1. The molecule has 20 heavy (non-hydrogen) atoms. The van der Waals surface area contributed by atoms with Crippen LogP contribution in [0.1, 0.15) is 30.4 Å². The molecule has 0 saturated heterocycles. The molecule has 6 nitrogen and oxygen atoms in total. The molecule has 0 atom stereocenters. The molecule has 0 aliphatic heterocycles. The van der Waals surface area contributed by atoms with Gasteiger partial charge in [-0.1, -0.05) is 6.92 Å². The van der Waals surface area contributed by atoms with Gasteiger partial charge in [-0.15, -0.1) is 0 Å². The number of rotatable bonds is 5. The molecule has 6 heteroatoms. The maximum Gasteiger partial charge on any atom is 0.225 e. The van der Waals surface area contributed by atoms with Gasteiger partial charge in [0.15, 0.2) is 0 Å². The second kappa shape index (κ2) is 6.27. The Kier molecular flexibility index (Phi) is 4.45. The fourth-order valence-corrected chi connectivity index (χ4v) is 1.94. The van der Waals surface area contributed by atoms with E-state index in [1.807, 2.05) is 33.2 Å². The van der Waals surface area contributed by atoms with E-state index in [4.69, 9.17) is 0 Å². The van der Waals surface area contributed by atoms with E-state index < -0.39 is 0 Å². The minimum atomic E-state index is -0.0472. The Morgan fingerprint density at radius 1 is 1.40 bits per heavy atom.